The van der Waals surface area contributed by atoms with Crippen LogP contribution < -0.4 is 5.32 Å². The molecule has 1 aromatic carbocycles. The van der Waals surface area contributed by atoms with E-state index in [0.29, 0.717) is 6.54 Å². The zero-order valence-corrected chi connectivity index (χ0v) is 11.7. The average molecular weight is 266 g/mol. The van der Waals surface area contributed by atoms with Gasteiger partial charge in [-0.25, -0.2) is 0 Å². The SMILES string of the molecule is Cc1ccc(C(C)NCc2nnc3ccccn23)cc1. The lowest BCUT2D eigenvalue weighted by molar-refractivity contribution is 0.556. The van der Waals surface area contributed by atoms with Crippen LogP contribution in [0, 0.1) is 6.92 Å². The lowest BCUT2D eigenvalue weighted by atomic mass is 10.1. The first-order valence-electron chi connectivity index (χ1n) is 6.82. The van der Waals surface area contributed by atoms with Crippen molar-refractivity contribution in [3.05, 3.63) is 65.6 Å². The largest absolute Gasteiger partial charge is 0.303 e. The van der Waals surface area contributed by atoms with Gasteiger partial charge in [0.2, 0.25) is 0 Å². The Morgan fingerprint density at radius 3 is 2.70 bits per heavy atom. The van der Waals surface area contributed by atoms with Gasteiger partial charge in [0.15, 0.2) is 11.5 Å². The maximum Gasteiger partial charge on any atom is 0.160 e. The fraction of sp³-hybridized carbons (Fsp3) is 0.250. The van der Waals surface area contributed by atoms with Crippen LogP contribution in [0.3, 0.4) is 0 Å². The number of nitrogens with one attached hydrogen (secondary N) is 1. The Morgan fingerprint density at radius 2 is 1.90 bits per heavy atom. The molecule has 1 atom stereocenters. The minimum atomic E-state index is 0.284. The monoisotopic (exact) mass is 266 g/mol. The van der Waals surface area contributed by atoms with Gasteiger partial charge in [0.25, 0.3) is 0 Å². The van der Waals surface area contributed by atoms with E-state index in [9.17, 15) is 0 Å². The van der Waals surface area contributed by atoms with Gasteiger partial charge >= 0.3 is 0 Å². The molecule has 0 saturated carbocycles. The van der Waals surface area contributed by atoms with Crippen molar-refractivity contribution in [1.29, 1.82) is 0 Å². The number of pyridine rings is 1. The Kier molecular flexibility index (Phi) is 3.48. The summed E-state index contributed by atoms with van der Waals surface area (Å²) in [6, 6.07) is 14.8. The smallest absolute Gasteiger partial charge is 0.160 e. The fourth-order valence-electron chi connectivity index (χ4n) is 2.23. The van der Waals surface area contributed by atoms with Crippen LogP contribution in [0.5, 0.6) is 0 Å². The summed E-state index contributed by atoms with van der Waals surface area (Å²) in [5, 5.41) is 11.9. The number of hydrogen-bond donors (Lipinski definition) is 1. The molecule has 3 rings (SSSR count). The molecule has 4 nitrogen and oxygen atoms in total. The van der Waals surface area contributed by atoms with Crippen LogP contribution in [-0.2, 0) is 6.54 Å². The molecule has 20 heavy (non-hydrogen) atoms. The predicted octanol–water partition coefficient (Wildman–Crippen LogP) is 2.89. The molecule has 0 aliphatic rings. The van der Waals surface area contributed by atoms with E-state index in [1.54, 1.807) is 0 Å². The molecule has 1 N–H and O–H groups in total. The van der Waals surface area contributed by atoms with Crippen LogP contribution in [-0.4, -0.2) is 14.6 Å². The fourth-order valence-corrected chi connectivity index (χ4v) is 2.23. The third kappa shape index (κ3) is 2.56. The third-order valence-corrected chi connectivity index (χ3v) is 3.53. The van der Waals surface area contributed by atoms with E-state index in [2.05, 4.69) is 53.6 Å². The summed E-state index contributed by atoms with van der Waals surface area (Å²) in [7, 11) is 0. The highest BCUT2D eigenvalue weighted by atomic mass is 15.3. The van der Waals surface area contributed by atoms with Crippen molar-refractivity contribution in [1.82, 2.24) is 19.9 Å². The minimum absolute atomic E-state index is 0.284. The Hall–Kier alpha value is -2.20. The molecule has 0 bridgehead atoms. The highest BCUT2D eigenvalue weighted by Crippen LogP contribution is 2.13. The van der Waals surface area contributed by atoms with Crippen LogP contribution in [0.2, 0.25) is 0 Å². The molecule has 0 radical (unpaired) electrons. The summed E-state index contributed by atoms with van der Waals surface area (Å²) in [5.41, 5.74) is 3.45. The third-order valence-electron chi connectivity index (χ3n) is 3.53. The van der Waals surface area contributed by atoms with Gasteiger partial charge in [-0.15, -0.1) is 10.2 Å². The average Bonchev–Trinajstić information content (AvgIpc) is 2.89. The molecule has 4 heteroatoms. The molecule has 102 valence electrons. The van der Waals surface area contributed by atoms with Gasteiger partial charge in [-0.2, -0.15) is 0 Å². The highest BCUT2D eigenvalue weighted by molar-refractivity contribution is 5.37. The quantitative estimate of drug-likeness (QED) is 0.789. The molecule has 2 heterocycles. The number of rotatable bonds is 4. The second kappa shape index (κ2) is 5.43. The first kappa shape index (κ1) is 12.8. The number of benzene rings is 1. The van der Waals surface area contributed by atoms with Gasteiger partial charge in [-0.1, -0.05) is 35.9 Å². The summed E-state index contributed by atoms with van der Waals surface area (Å²) < 4.78 is 2.01. The first-order chi connectivity index (χ1) is 9.74. The number of aromatic nitrogens is 3. The van der Waals surface area contributed by atoms with Crippen molar-refractivity contribution >= 4 is 5.65 Å². The van der Waals surface area contributed by atoms with Crippen molar-refractivity contribution in [3.8, 4) is 0 Å². The van der Waals surface area contributed by atoms with Crippen molar-refractivity contribution in [2.75, 3.05) is 0 Å². The van der Waals surface area contributed by atoms with Crippen LogP contribution in [0.15, 0.2) is 48.7 Å². The normalized spacial score (nSPS) is 12.7. The standard InChI is InChI=1S/C16H18N4/c1-12-6-8-14(9-7-12)13(2)17-11-16-19-18-15-5-3-4-10-20(15)16/h3-10,13,17H,11H2,1-2H3. The molecule has 0 spiro atoms. The van der Waals surface area contributed by atoms with E-state index in [1.807, 2.05) is 28.8 Å². The summed E-state index contributed by atoms with van der Waals surface area (Å²) in [6.07, 6.45) is 1.99. The molecule has 3 aromatic rings. The van der Waals surface area contributed by atoms with Crippen molar-refractivity contribution in [2.24, 2.45) is 0 Å². The molecule has 0 aliphatic carbocycles. The van der Waals surface area contributed by atoms with Gasteiger partial charge in [0.1, 0.15) is 0 Å². The van der Waals surface area contributed by atoms with Crippen LogP contribution in [0.4, 0.5) is 0 Å². The zero-order chi connectivity index (χ0) is 13.9. The molecule has 1 unspecified atom stereocenters. The van der Waals surface area contributed by atoms with Crippen molar-refractivity contribution in [2.45, 2.75) is 26.4 Å². The Labute approximate surface area is 118 Å². The van der Waals surface area contributed by atoms with Gasteiger partial charge in [-0.05, 0) is 31.5 Å². The predicted molar refractivity (Wildman–Crippen MR) is 79.4 cm³/mol. The van der Waals surface area contributed by atoms with E-state index in [4.69, 9.17) is 0 Å². The second-order valence-corrected chi connectivity index (χ2v) is 5.06. The summed E-state index contributed by atoms with van der Waals surface area (Å²) in [5.74, 6) is 0.930. The number of fused-ring (bicyclic) bond motifs is 1. The molecular formula is C16H18N4. The summed E-state index contributed by atoms with van der Waals surface area (Å²) in [4.78, 5) is 0. The number of hydrogen-bond acceptors (Lipinski definition) is 3. The van der Waals surface area contributed by atoms with Gasteiger partial charge in [0, 0.05) is 12.2 Å². The Bertz CT molecular complexity index is 700. The van der Waals surface area contributed by atoms with Crippen molar-refractivity contribution in [3.63, 3.8) is 0 Å². The van der Waals surface area contributed by atoms with Crippen LogP contribution in [0.25, 0.3) is 5.65 Å². The van der Waals surface area contributed by atoms with Crippen molar-refractivity contribution < 1.29 is 0 Å². The van der Waals surface area contributed by atoms with E-state index < -0.39 is 0 Å². The number of nitrogens with zero attached hydrogens (tertiary/aromatic N) is 3. The molecule has 0 aliphatic heterocycles. The molecule has 0 saturated heterocycles. The minimum Gasteiger partial charge on any atom is -0.303 e. The highest BCUT2D eigenvalue weighted by Gasteiger charge is 2.08. The Balaban J connectivity index is 1.71. The maximum absolute atomic E-state index is 4.23. The van der Waals surface area contributed by atoms with E-state index >= 15 is 0 Å². The van der Waals surface area contributed by atoms with Gasteiger partial charge in [0.05, 0.1) is 6.54 Å². The zero-order valence-electron chi connectivity index (χ0n) is 11.7. The topological polar surface area (TPSA) is 42.2 Å². The van der Waals surface area contributed by atoms with Crippen LogP contribution >= 0.6 is 0 Å². The first-order valence-corrected chi connectivity index (χ1v) is 6.82. The maximum atomic E-state index is 4.23. The summed E-state index contributed by atoms with van der Waals surface area (Å²) >= 11 is 0. The molecule has 0 fully saturated rings. The van der Waals surface area contributed by atoms with E-state index in [0.717, 1.165) is 11.5 Å². The van der Waals surface area contributed by atoms with Crippen LogP contribution in [0.1, 0.15) is 29.9 Å². The number of aryl methyl sites for hydroxylation is 1. The van der Waals surface area contributed by atoms with E-state index in [-0.39, 0.29) is 6.04 Å². The van der Waals surface area contributed by atoms with Gasteiger partial charge < -0.3 is 5.32 Å². The lowest BCUT2D eigenvalue weighted by Gasteiger charge is -2.13. The second-order valence-electron chi connectivity index (χ2n) is 5.06. The summed E-state index contributed by atoms with van der Waals surface area (Å²) in [6.45, 7) is 4.96. The van der Waals surface area contributed by atoms with Gasteiger partial charge in [-0.3, -0.25) is 4.40 Å². The molecule has 2 aromatic heterocycles. The lowest BCUT2D eigenvalue weighted by Crippen LogP contribution is -2.19. The molecule has 0 amide bonds. The van der Waals surface area contributed by atoms with E-state index in [1.165, 1.54) is 11.1 Å². The molecular weight excluding hydrogens is 248 g/mol. The Morgan fingerprint density at radius 1 is 1.10 bits per heavy atom.